The van der Waals surface area contributed by atoms with Gasteiger partial charge < -0.3 is 15.7 Å². The average Bonchev–Trinajstić information content (AvgIpc) is 3.00. The Bertz CT molecular complexity index is 799. The highest BCUT2D eigenvalue weighted by Crippen LogP contribution is 2.03. The van der Waals surface area contributed by atoms with Crippen LogP contribution in [0, 0.1) is 0 Å². The smallest absolute Gasteiger partial charge is 0.303 e. The van der Waals surface area contributed by atoms with E-state index in [2.05, 4.69) is 111 Å². The maximum absolute atomic E-state index is 10.3. The molecule has 0 amide bonds. The molecule has 4 N–H and O–H groups in total. The van der Waals surface area contributed by atoms with Crippen molar-refractivity contribution in [3.8, 4) is 0 Å². The van der Waals surface area contributed by atoms with E-state index >= 15 is 0 Å². The number of carboxylic acids is 2. The van der Waals surface area contributed by atoms with E-state index in [0.29, 0.717) is 0 Å². The normalized spacial score (nSPS) is 12.1. The van der Waals surface area contributed by atoms with Gasteiger partial charge in [-0.05, 0) is 89.9 Å². The zero-order chi connectivity index (χ0) is 32.6. The van der Waals surface area contributed by atoms with Gasteiger partial charge in [-0.15, -0.1) is 0 Å². The first-order chi connectivity index (χ1) is 21.5. The van der Waals surface area contributed by atoms with Crippen molar-refractivity contribution in [2.75, 3.05) is 0 Å². The highest BCUT2D eigenvalue weighted by molar-refractivity contribution is 5.66. The van der Waals surface area contributed by atoms with Crippen molar-refractivity contribution in [2.24, 2.45) is 0 Å². The van der Waals surface area contributed by atoms with Crippen LogP contribution < -0.4 is 0 Å². The lowest BCUT2D eigenvalue weighted by molar-refractivity contribution is -0.138. The molecule has 0 aliphatic heterocycles. The van der Waals surface area contributed by atoms with E-state index in [-0.39, 0.29) is 18.3 Å². The summed E-state index contributed by atoms with van der Waals surface area (Å²) in [5.74, 6) is -1.42. The molecule has 0 aliphatic rings. The summed E-state index contributed by atoms with van der Waals surface area (Å²) in [4.78, 5) is 20.6. The minimum absolute atomic E-state index is 0. The lowest BCUT2D eigenvalue weighted by atomic mass is 10.2. The average molecular weight is 627 g/mol. The van der Waals surface area contributed by atoms with Crippen LogP contribution in [-0.4, -0.2) is 27.6 Å². The zero-order valence-electron chi connectivity index (χ0n) is 28.6. The number of carbonyl (C=O) groups is 2. The molecule has 0 aromatic heterocycles. The van der Waals surface area contributed by atoms with Crippen LogP contribution in [0.1, 0.15) is 142 Å². The lowest BCUT2D eigenvalue weighted by Gasteiger charge is -1.90. The van der Waals surface area contributed by atoms with Crippen LogP contribution in [0.2, 0.25) is 0 Å². The Morgan fingerprint density at radius 1 is 0.378 bits per heavy atom. The summed E-state index contributed by atoms with van der Waals surface area (Å²) in [5.41, 5.74) is 0. The van der Waals surface area contributed by atoms with Gasteiger partial charge in [-0.3, -0.25) is 9.59 Å². The zero-order valence-corrected chi connectivity index (χ0v) is 28.6. The molecule has 0 atom stereocenters. The van der Waals surface area contributed by atoms with E-state index in [4.69, 9.17) is 10.2 Å². The van der Waals surface area contributed by atoms with Crippen molar-refractivity contribution >= 4 is 11.9 Å². The predicted octanol–water partition coefficient (Wildman–Crippen LogP) is 11.6. The molecule has 45 heavy (non-hydrogen) atoms. The Morgan fingerprint density at radius 2 is 0.600 bits per heavy atom. The molecular weight excluding hydrogens is 560 g/mol. The number of hydrogen-bond acceptors (Lipinski definition) is 2. The van der Waals surface area contributed by atoms with Crippen LogP contribution in [0.5, 0.6) is 0 Å². The number of allylic oxidation sites excluding steroid dienone is 16. The predicted molar refractivity (Wildman–Crippen MR) is 196 cm³/mol. The molecule has 0 heterocycles. The van der Waals surface area contributed by atoms with Gasteiger partial charge in [0.1, 0.15) is 0 Å². The SMILES string of the molecule is CCCCC/C=C\C/C=C\C/C=C\C/C=C\CCCC(=O)O.CCCCC/C=C\C/C=C\C/C=C\C/C=C\CCCC(=O)O.O. The van der Waals surface area contributed by atoms with E-state index in [1.165, 1.54) is 51.4 Å². The summed E-state index contributed by atoms with van der Waals surface area (Å²) in [5, 5.41) is 17.0. The third-order valence-corrected chi connectivity index (χ3v) is 6.44. The van der Waals surface area contributed by atoms with Crippen molar-refractivity contribution in [1.82, 2.24) is 0 Å². The maximum Gasteiger partial charge on any atom is 0.303 e. The second-order valence-corrected chi connectivity index (χ2v) is 10.7. The Balaban J connectivity index is -0.000000767. The lowest BCUT2D eigenvalue weighted by Crippen LogP contribution is -1.92. The van der Waals surface area contributed by atoms with Crippen LogP contribution in [0.15, 0.2) is 97.2 Å². The van der Waals surface area contributed by atoms with E-state index in [9.17, 15) is 9.59 Å². The van der Waals surface area contributed by atoms with Crippen LogP contribution in [0.4, 0.5) is 0 Å². The molecule has 5 heteroatoms. The molecular formula is C40H66O5. The summed E-state index contributed by atoms with van der Waals surface area (Å²) < 4.78 is 0. The fraction of sp³-hybridized carbons (Fsp3) is 0.550. The molecule has 0 unspecified atom stereocenters. The van der Waals surface area contributed by atoms with Crippen molar-refractivity contribution in [1.29, 1.82) is 0 Å². The van der Waals surface area contributed by atoms with Gasteiger partial charge in [0.05, 0.1) is 0 Å². The monoisotopic (exact) mass is 626 g/mol. The van der Waals surface area contributed by atoms with Gasteiger partial charge in [-0.2, -0.15) is 0 Å². The molecule has 0 spiro atoms. The summed E-state index contributed by atoms with van der Waals surface area (Å²) in [6.07, 6.45) is 54.7. The number of carboxylic acid groups (broad SMARTS) is 2. The van der Waals surface area contributed by atoms with Crippen LogP contribution in [0.25, 0.3) is 0 Å². The third kappa shape index (κ3) is 50.7. The van der Waals surface area contributed by atoms with E-state index < -0.39 is 11.9 Å². The van der Waals surface area contributed by atoms with Crippen LogP contribution in [0.3, 0.4) is 0 Å². The van der Waals surface area contributed by atoms with E-state index in [0.717, 1.165) is 64.2 Å². The van der Waals surface area contributed by atoms with Crippen LogP contribution >= 0.6 is 0 Å². The quantitative estimate of drug-likeness (QED) is 0.0665. The first-order valence-corrected chi connectivity index (χ1v) is 17.2. The molecule has 0 saturated carbocycles. The van der Waals surface area contributed by atoms with Crippen molar-refractivity contribution in [3.05, 3.63) is 97.2 Å². The Hall–Kier alpha value is -3.18. The molecule has 0 fully saturated rings. The van der Waals surface area contributed by atoms with Gasteiger partial charge in [0.15, 0.2) is 0 Å². The molecule has 256 valence electrons. The second-order valence-electron chi connectivity index (χ2n) is 10.7. The van der Waals surface area contributed by atoms with Crippen molar-refractivity contribution < 1.29 is 25.3 Å². The topological polar surface area (TPSA) is 106 Å². The van der Waals surface area contributed by atoms with Crippen LogP contribution in [-0.2, 0) is 9.59 Å². The molecule has 0 aromatic carbocycles. The number of hydrogen-bond donors (Lipinski definition) is 2. The van der Waals surface area contributed by atoms with Crippen molar-refractivity contribution in [2.45, 2.75) is 142 Å². The first-order valence-electron chi connectivity index (χ1n) is 17.2. The molecule has 0 aliphatic carbocycles. The van der Waals surface area contributed by atoms with Crippen molar-refractivity contribution in [3.63, 3.8) is 0 Å². The highest BCUT2D eigenvalue weighted by atomic mass is 16.4. The highest BCUT2D eigenvalue weighted by Gasteiger charge is 1.93. The Labute approximate surface area is 276 Å². The molecule has 0 radical (unpaired) electrons. The van der Waals surface area contributed by atoms with Gasteiger partial charge >= 0.3 is 11.9 Å². The van der Waals surface area contributed by atoms with E-state index in [1.54, 1.807) is 0 Å². The molecule has 0 rings (SSSR count). The van der Waals surface area contributed by atoms with Gasteiger partial charge in [0.25, 0.3) is 0 Å². The standard InChI is InChI=1S/2C20H32O2.H2O/c2*1-2-3-4-5-6-7-8-9-10-11-12-13-14-15-16-17-18-19-20(21)22;/h2*6-7,9-10,12-13,15-16H,2-5,8,11,14,17-19H2,1H3,(H,21,22);1H2/b2*7-6-,10-9-,13-12-,16-15-;. The summed E-state index contributed by atoms with van der Waals surface area (Å²) >= 11 is 0. The Kier molecular flexibility index (Phi) is 44.1. The van der Waals surface area contributed by atoms with Gasteiger partial charge in [0, 0.05) is 12.8 Å². The minimum atomic E-state index is -0.712. The second kappa shape index (κ2) is 43.0. The largest absolute Gasteiger partial charge is 0.481 e. The molecule has 0 aromatic rings. The summed E-state index contributed by atoms with van der Waals surface area (Å²) in [7, 11) is 0. The number of unbranched alkanes of at least 4 members (excludes halogenated alkanes) is 8. The van der Waals surface area contributed by atoms with Gasteiger partial charge in [-0.25, -0.2) is 0 Å². The van der Waals surface area contributed by atoms with Gasteiger partial charge in [-0.1, -0.05) is 137 Å². The molecule has 5 nitrogen and oxygen atoms in total. The summed E-state index contributed by atoms with van der Waals surface area (Å²) in [6.45, 7) is 4.46. The summed E-state index contributed by atoms with van der Waals surface area (Å²) in [6, 6.07) is 0. The first kappa shape index (κ1) is 46.2. The molecule has 0 saturated heterocycles. The third-order valence-electron chi connectivity index (χ3n) is 6.44. The number of rotatable bonds is 28. The van der Waals surface area contributed by atoms with E-state index in [1.807, 2.05) is 0 Å². The Morgan fingerprint density at radius 3 is 0.822 bits per heavy atom. The minimum Gasteiger partial charge on any atom is -0.481 e. The molecule has 0 bridgehead atoms. The maximum atomic E-state index is 10.3. The fourth-order valence-electron chi connectivity index (χ4n) is 3.86. The number of aliphatic carboxylic acids is 2. The van der Waals surface area contributed by atoms with Gasteiger partial charge in [0.2, 0.25) is 0 Å². The fourth-order valence-corrected chi connectivity index (χ4v) is 3.86.